The van der Waals surface area contributed by atoms with Gasteiger partial charge >= 0.3 is 6.03 Å². The summed E-state index contributed by atoms with van der Waals surface area (Å²) in [7, 11) is 1.61. The summed E-state index contributed by atoms with van der Waals surface area (Å²) in [5.41, 5.74) is 3.93. The smallest absolute Gasteiger partial charge is 0.322 e. The van der Waals surface area contributed by atoms with Crippen LogP contribution >= 0.6 is 23.2 Å². The quantitative estimate of drug-likeness (QED) is 0.218. The highest BCUT2D eigenvalue weighted by Crippen LogP contribution is 2.33. The zero-order valence-electron chi connectivity index (χ0n) is 24.3. The first-order valence-electron chi connectivity index (χ1n) is 14.6. The van der Waals surface area contributed by atoms with Crippen LogP contribution < -0.4 is 20.3 Å². The molecule has 3 aromatic carbocycles. The summed E-state index contributed by atoms with van der Waals surface area (Å²) in [4.78, 5) is 29.5. The van der Waals surface area contributed by atoms with E-state index in [1.165, 1.54) is 0 Å². The average Bonchev–Trinajstić information content (AvgIpc) is 3.45. The first kappa shape index (κ1) is 30.9. The van der Waals surface area contributed by atoms with Gasteiger partial charge in [-0.05, 0) is 59.7 Å². The lowest BCUT2D eigenvalue weighted by Crippen LogP contribution is -2.50. The number of piperazine rings is 1. The summed E-state index contributed by atoms with van der Waals surface area (Å²) < 4.78 is 5.00. The predicted molar refractivity (Wildman–Crippen MR) is 172 cm³/mol. The van der Waals surface area contributed by atoms with E-state index in [9.17, 15) is 14.8 Å². The molecule has 2 N–H and O–H groups in total. The lowest BCUT2D eigenvalue weighted by atomic mass is 10.1. The normalized spacial score (nSPS) is 16.2. The maximum absolute atomic E-state index is 13.0. The summed E-state index contributed by atoms with van der Waals surface area (Å²) >= 11 is 13.0. The van der Waals surface area contributed by atoms with Crippen LogP contribution in [-0.2, 0) is 17.6 Å². The molecule has 0 spiro atoms. The number of quaternary nitrogens is 1. The Morgan fingerprint density at radius 3 is 2.12 bits per heavy atom. The molecule has 2 fully saturated rings. The van der Waals surface area contributed by atoms with E-state index in [-0.39, 0.29) is 23.0 Å². The molecule has 2 aliphatic rings. The van der Waals surface area contributed by atoms with E-state index >= 15 is 0 Å². The van der Waals surface area contributed by atoms with E-state index in [2.05, 4.69) is 15.5 Å². The number of carbonyl (C=O) groups excluding carboxylic acids is 2. The summed E-state index contributed by atoms with van der Waals surface area (Å²) in [5, 5.41) is 19.2. The molecular formula is C32H37Cl2N5O4. The number of likely N-dealkylation sites (tertiary alicyclic amines) is 1. The third-order valence-electron chi connectivity index (χ3n) is 8.13. The number of nitrogens with zero attached hydrogens (tertiary/aromatic N) is 3. The van der Waals surface area contributed by atoms with Gasteiger partial charge < -0.3 is 35.0 Å². The van der Waals surface area contributed by atoms with Gasteiger partial charge in [0.2, 0.25) is 5.91 Å². The maximum atomic E-state index is 13.0. The van der Waals surface area contributed by atoms with Crippen LogP contribution in [-0.4, -0.2) is 74.4 Å². The Morgan fingerprint density at radius 2 is 1.51 bits per heavy atom. The van der Waals surface area contributed by atoms with E-state index < -0.39 is 0 Å². The number of urea groups is 1. The van der Waals surface area contributed by atoms with Gasteiger partial charge in [0.15, 0.2) is 0 Å². The Labute approximate surface area is 262 Å². The fourth-order valence-electron chi connectivity index (χ4n) is 5.60. The van der Waals surface area contributed by atoms with Gasteiger partial charge in [-0.3, -0.25) is 4.79 Å². The van der Waals surface area contributed by atoms with E-state index in [1.807, 2.05) is 48.5 Å². The van der Waals surface area contributed by atoms with Gasteiger partial charge in [0.1, 0.15) is 5.75 Å². The van der Waals surface area contributed by atoms with Crippen molar-refractivity contribution in [2.75, 3.05) is 68.5 Å². The van der Waals surface area contributed by atoms with Crippen molar-refractivity contribution in [1.29, 1.82) is 0 Å². The predicted octanol–water partition coefficient (Wildman–Crippen LogP) is 6.19. The molecule has 3 aromatic rings. The van der Waals surface area contributed by atoms with Gasteiger partial charge in [-0.1, -0.05) is 35.3 Å². The first-order valence-corrected chi connectivity index (χ1v) is 15.4. The first-order chi connectivity index (χ1) is 20.7. The third kappa shape index (κ3) is 8.12. The van der Waals surface area contributed by atoms with Crippen LogP contribution in [0.15, 0.2) is 60.7 Å². The van der Waals surface area contributed by atoms with Gasteiger partial charge in [-0.15, -0.1) is 0 Å². The number of nitrogens with one attached hydrogen (secondary N) is 2. The number of rotatable bonds is 9. The van der Waals surface area contributed by atoms with Crippen molar-refractivity contribution >= 4 is 52.2 Å². The largest absolute Gasteiger partial charge is 0.633 e. The zero-order chi connectivity index (χ0) is 30.4. The van der Waals surface area contributed by atoms with Crippen molar-refractivity contribution in [3.8, 4) is 5.75 Å². The molecule has 0 bridgehead atoms. The van der Waals surface area contributed by atoms with Crippen molar-refractivity contribution in [3.05, 3.63) is 87.0 Å². The van der Waals surface area contributed by atoms with E-state index in [4.69, 9.17) is 27.9 Å². The second-order valence-electron chi connectivity index (χ2n) is 11.1. The molecule has 5 rings (SSSR count). The molecule has 0 aliphatic carbocycles. The number of halogens is 2. The number of ether oxygens (including phenoxy) is 1. The molecule has 9 nitrogen and oxygen atoms in total. The molecular weight excluding hydrogens is 589 g/mol. The molecule has 2 aliphatic heterocycles. The molecule has 43 heavy (non-hydrogen) atoms. The SMILES string of the molecule is COc1ccc(CC(=O)Nc2ccc(N3CCN(C(=O)Nc4c(Cl)cc(CC[N+]5([O-])CCCC5)cc4Cl)CC3)cc2)cc1. The average molecular weight is 627 g/mol. The minimum Gasteiger partial charge on any atom is -0.633 e. The van der Waals surface area contributed by atoms with Crippen LogP contribution in [0.1, 0.15) is 24.0 Å². The van der Waals surface area contributed by atoms with Crippen LogP contribution in [0.3, 0.4) is 0 Å². The van der Waals surface area contributed by atoms with Gasteiger partial charge in [0, 0.05) is 56.8 Å². The van der Waals surface area contributed by atoms with Crippen LogP contribution in [0.4, 0.5) is 21.9 Å². The molecule has 2 heterocycles. The lowest BCUT2D eigenvalue weighted by molar-refractivity contribution is -0.868. The van der Waals surface area contributed by atoms with E-state index in [0.29, 0.717) is 68.0 Å². The summed E-state index contributed by atoms with van der Waals surface area (Å²) in [5.74, 6) is 0.663. The number of carbonyl (C=O) groups is 2. The summed E-state index contributed by atoms with van der Waals surface area (Å²) in [6, 6.07) is 18.5. The minimum absolute atomic E-state index is 0.0911. The molecule has 0 atom stereocenters. The highest BCUT2D eigenvalue weighted by atomic mass is 35.5. The molecule has 0 radical (unpaired) electrons. The number of methoxy groups -OCH3 is 1. The molecule has 0 aromatic heterocycles. The van der Waals surface area contributed by atoms with Crippen LogP contribution in [0.2, 0.25) is 10.0 Å². The molecule has 2 saturated heterocycles. The Kier molecular flexibility index (Phi) is 9.97. The Bertz CT molecular complexity index is 1400. The van der Waals surface area contributed by atoms with Crippen molar-refractivity contribution in [2.45, 2.75) is 25.7 Å². The van der Waals surface area contributed by atoms with Crippen molar-refractivity contribution in [1.82, 2.24) is 4.90 Å². The number of hydrogen-bond donors (Lipinski definition) is 2. The van der Waals surface area contributed by atoms with Crippen molar-refractivity contribution in [2.24, 2.45) is 0 Å². The summed E-state index contributed by atoms with van der Waals surface area (Å²) in [6.45, 7) is 4.21. The standard InChI is InChI=1S/C32H37Cl2N5O4/c1-43-27-10-4-23(5-11-27)22-30(40)35-25-6-8-26(9-7-25)37-13-15-38(16-14-37)32(41)36-31-28(33)20-24(21-29(31)34)12-19-39(42)17-2-3-18-39/h4-11,20-21H,2-3,12-19,22H2,1H3,(H,35,40)(H,36,41). The Balaban J connectivity index is 1.09. The van der Waals surface area contributed by atoms with Crippen LogP contribution in [0, 0.1) is 5.21 Å². The van der Waals surface area contributed by atoms with Crippen molar-refractivity contribution < 1.29 is 19.0 Å². The van der Waals surface area contributed by atoms with Crippen LogP contribution in [0.5, 0.6) is 5.75 Å². The van der Waals surface area contributed by atoms with Gasteiger partial charge in [0.25, 0.3) is 0 Å². The highest BCUT2D eigenvalue weighted by Gasteiger charge is 2.25. The summed E-state index contributed by atoms with van der Waals surface area (Å²) in [6.07, 6.45) is 2.82. The van der Waals surface area contributed by atoms with Crippen LogP contribution in [0.25, 0.3) is 0 Å². The molecule has 0 saturated carbocycles. The highest BCUT2D eigenvalue weighted by molar-refractivity contribution is 6.39. The van der Waals surface area contributed by atoms with E-state index in [1.54, 1.807) is 24.1 Å². The molecule has 0 unspecified atom stereocenters. The van der Waals surface area contributed by atoms with E-state index in [0.717, 1.165) is 41.1 Å². The maximum Gasteiger partial charge on any atom is 0.322 e. The lowest BCUT2D eigenvalue weighted by Gasteiger charge is -2.38. The molecule has 11 heteroatoms. The molecule has 3 amide bonds. The second kappa shape index (κ2) is 13.9. The number of amides is 3. The minimum atomic E-state index is -0.257. The zero-order valence-corrected chi connectivity index (χ0v) is 25.8. The Morgan fingerprint density at radius 1 is 0.884 bits per heavy atom. The Hall–Kier alpha value is -3.50. The number of anilines is 3. The van der Waals surface area contributed by atoms with Gasteiger partial charge in [-0.25, -0.2) is 4.79 Å². The number of benzene rings is 3. The number of hydroxylamine groups is 3. The molecule has 228 valence electrons. The monoisotopic (exact) mass is 625 g/mol. The fraction of sp³-hybridized carbons (Fsp3) is 0.375. The van der Waals surface area contributed by atoms with Crippen molar-refractivity contribution in [3.63, 3.8) is 0 Å². The topological polar surface area (TPSA) is 97.0 Å². The van der Waals surface area contributed by atoms with Gasteiger partial charge in [-0.2, -0.15) is 0 Å². The number of hydrogen-bond acceptors (Lipinski definition) is 5. The third-order valence-corrected chi connectivity index (χ3v) is 8.73. The fourth-order valence-corrected chi connectivity index (χ4v) is 6.23. The van der Waals surface area contributed by atoms with Gasteiger partial charge in [0.05, 0.1) is 48.9 Å². The second-order valence-corrected chi connectivity index (χ2v) is 12.0.